The molecule has 0 amide bonds. The van der Waals surface area contributed by atoms with E-state index in [0.717, 1.165) is 45.2 Å². The lowest BCUT2D eigenvalue weighted by molar-refractivity contribution is 0.410. The first-order valence-corrected chi connectivity index (χ1v) is 13.3. The van der Waals surface area contributed by atoms with Crippen LogP contribution in [0.5, 0.6) is 0 Å². The second-order valence-electron chi connectivity index (χ2n) is 12.4. The summed E-state index contributed by atoms with van der Waals surface area (Å²) in [5.74, 6) is 0. The molecule has 1 nitrogen and oxygen atoms in total. The third-order valence-electron chi connectivity index (χ3n) is 6.82. The molecule has 176 valence electrons. The van der Waals surface area contributed by atoms with Crippen LogP contribution in [0.2, 0.25) is 0 Å². The minimum atomic E-state index is 0.0468. The maximum atomic E-state index is 8.93. The minimum absolute atomic E-state index is 0.0468. The summed E-state index contributed by atoms with van der Waals surface area (Å²) in [6.45, 7) is 13.7. The number of rotatable bonds is 2. The molecule has 0 spiro atoms. The van der Waals surface area contributed by atoms with Gasteiger partial charge in [0, 0.05) is 26.9 Å². The molecule has 2 heterocycles. The van der Waals surface area contributed by atoms with Gasteiger partial charge in [-0.15, -0.1) is 0 Å². The van der Waals surface area contributed by atoms with Gasteiger partial charge in [-0.05, 0) is 79.9 Å². The number of hydrogen-bond donors (Lipinski definition) is 0. The third-order valence-corrected chi connectivity index (χ3v) is 8.03. The fourth-order valence-corrected chi connectivity index (χ4v) is 6.80. The number of aromatic nitrogens is 1. The zero-order valence-electron chi connectivity index (χ0n) is 23.5. The van der Waals surface area contributed by atoms with E-state index in [1.165, 1.54) is 32.2 Å². The molecule has 0 unspecified atom stereocenters. The first kappa shape index (κ1) is 20.4. The average molecular weight is 478 g/mol. The molecule has 0 fully saturated rings. The highest BCUT2D eigenvalue weighted by molar-refractivity contribution is 8.00. The van der Waals surface area contributed by atoms with E-state index in [-0.39, 0.29) is 23.0 Å². The molecule has 0 radical (unpaired) electrons. The van der Waals surface area contributed by atoms with E-state index >= 15 is 0 Å². The summed E-state index contributed by atoms with van der Waals surface area (Å²) in [7, 11) is 0. The lowest BCUT2D eigenvalue weighted by Gasteiger charge is -2.28. The smallest absolute Gasteiger partial charge is 0.0840 e. The van der Waals surface area contributed by atoms with Crippen molar-refractivity contribution in [2.45, 2.75) is 64.2 Å². The number of hydrogen-bond acceptors (Lipinski definition) is 2. The molecule has 5 aromatic rings. The second-order valence-corrected chi connectivity index (χ2v) is 13.4. The van der Waals surface area contributed by atoms with Gasteiger partial charge in [0.2, 0.25) is 0 Å². The fourth-order valence-electron chi connectivity index (χ4n) is 5.54. The monoisotopic (exact) mass is 477 g/mol. The van der Waals surface area contributed by atoms with Crippen LogP contribution in [-0.2, 0) is 12.8 Å². The van der Waals surface area contributed by atoms with Crippen LogP contribution in [0, 0.1) is 10.8 Å². The van der Waals surface area contributed by atoms with Crippen LogP contribution in [0.25, 0.3) is 43.6 Å². The predicted molar refractivity (Wildman–Crippen MR) is 153 cm³/mol. The Balaban J connectivity index is 1.75. The molecule has 0 atom stereocenters. The van der Waals surface area contributed by atoms with Crippen LogP contribution in [0.15, 0.2) is 76.6 Å². The third kappa shape index (κ3) is 3.93. The highest BCUT2D eigenvalue weighted by atomic mass is 32.2. The molecule has 2 heteroatoms. The minimum Gasteiger partial charge on any atom is -0.256 e. The quantitative estimate of drug-likeness (QED) is 0.230. The normalized spacial score (nSPS) is 14.3. The van der Waals surface area contributed by atoms with E-state index in [0.29, 0.717) is 0 Å². The summed E-state index contributed by atoms with van der Waals surface area (Å²) in [6.07, 6.45) is 1.95. The zero-order chi connectivity index (χ0) is 26.3. The van der Waals surface area contributed by atoms with Crippen molar-refractivity contribution in [1.82, 2.24) is 4.98 Å². The molecule has 4 aromatic carbocycles. The van der Waals surface area contributed by atoms with Gasteiger partial charge in [0.25, 0.3) is 0 Å². The van der Waals surface area contributed by atoms with E-state index in [4.69, 9.17) is 7.73 Å². The molecular weight excluding hydrogens is 442 g/mol. The van der Waals surface area contributed by atoms with Gasteiger partial charge in [-0.1, -0.05) is 95.8 Å². The Bertz CT molecular complexity index is 1740. The first-order valence-electron chi connectivity index (χ1n) is 13.5. The summed E-state index contributed by atoms with van der Waals surface area (Å²) in [5.41, 5.74) is 4.87. The summed E-state index contributed by atoms with van der Waals surface area (Å²) in [5, 5.41) is 6.63. The number of nitrogens with zero attached hydrogens (tertiary/aromatic N) is 1. The molecule has 1 aromatic heterocycles. The summed E-state index contributed by atoms with van der Waals surface area (Å²) in [4.78, 5) is 7.17. The molecule has 0 bridgehead atoms. The van der Waals surface area contributed by atoms with E-state index in [2.05, 4.69) is 96.1 Å². The van der Waals surface area contributed by atoms with Crippen molar-refractivity contribution in [2.24, 2.45) is 10.8 Å². The Kier molecular flexibility index (Phi) is 4.56. The van der Waals surface area contributed by atoms with Crippen molar-refractivity contribution in [2.75, 3.05) is 0 Å². The lowest BCUT2D eigenvalue weighted by atomic mass is 9.84. The lowest BCUT2D eigenvalue weighted by Crippen LogP contribution is -2.12. The Hall–Kier alpha value is -2.84. The first-order chi connectivity index (χ1) is 17.4. The van der Waals surface area contributed by atoms with Crippen molar-refractivity contribution in [1.29, 1.82) is 0 Å². The van der Waals surface area contributed by atoms with E-state index in [1.807, 2.05) is 11.8 Å². The Morgan fingerprint density at radius 2 is 1.54 bits per heavy atom. The molecule has 0 aliphatic carbocycles. The number of fused-ring (bicyclic) bond motifs is 5. The van der Waals surface area contributed by atoms with Gasteiger partial charge in [0.15, 0.2) is 0 Å². The van der Waals surface area contributed by atoms with Crippen molar-refractivity contribution < 1.29 is 2.74 Å². The van der Waals surface area contributed by atoms with Crippen LogP contribution in [-0.4, -0.2) is 4.98 Å². The van der Waals surface area contributed by atoms with Gasteiger partial charge in [0.1, 0.15) is 0 Å². The Labute approximate surface area is 215 Å². The van der Waals surface area contributed by atoms with Gasteiger partial charge in [-0.2, -0.15) is 0 Å². The standard InChI is InChI=1S/C33H33NS/c1-32(2,3)18-21-11-9-13-23-24-14-15-34-30-26-16-20-10-7-8-12-22(20)27(19-33(4,5)6)31(26)35-28(29(24)30)17-25(21)23/h7-17H,18-19H2,1-6H3/i14D,15D. The van der Waals surface area contributed by atoms with Gasteiger partial charge in [-0.25, -0.2) is 0 Å². The predicted octanol–water partition coefficient (Wildman–Crippen LogP) is 9.85. The second kappa shape index (κ2) is 7.83. The molecule has 6 rings (SSSR count). The largest absolute Gasteiger partial charge is 0.256 e. The van der Waals surface area contributed by atoms with Gasteiger partial charge < -0.3 is 0 Å². The summed E-state index contributed by atoms with van der Waals surface area (Å²) in [6, 6.07) is 19.9. The fraction of sp³-hybridized carbons (Fsp3) is 0.303. The number of benzene rings is 4. The maximum absolute atomic E-state index is 8.93. The molecule has 35 heavy (non-hydrogen) atoms. The number of pyridine rings is 1. The van der Waals surface area contributed by atoms with Crippen LogP contribution < -0.4 is 0 Å². The van der Waals surface area contributed by atoms with Crippen LogP contribution >= 0.6 is 11.8 Å². The SMILES string of the molecule is [2H]c1nc2c3c(cc4c(CC(C)(C)C)cccc4c3c1[2H])Sc1c-2cc2ccccc2c1CC(C)(C)C. The summed E-state index contributed by atoms with van der Waals surface area (Å²) >= 11 is 1.83. The van der Waals surface area contributed by atoms with E-state index < -0.39 is 0 Å². The van der Waals surface area contributed by atoms with Gasteiger partial charge >= 0.3 is 0 Å². The van der Waals surface area contributed by atoms with Gasteiger partial charge in [-0.3, -0.25) is 4.98 Å². The van der Waals surface area contributed by atoms with Crippen molar-refractivity contribution >= 4 is 44.1 Å². The summed E-state index contributed by atoms with van der Waals surface area (Å²) < 4.78 is 17.6. The van der Waals surface area contributed by atoms with Gasteiger partial charge in [0.05, 0.1) is 8.44 Å². The Morgan fingerprint density at radius 1 is 0.800 bits per heavy atom. The van der Waals surface area contributed by atoms with Crippen molar-refractivity contribution in [3.05, 3.63) is 77.9 Å². The average Bonchev–Trinajstić information content (AvgIpc) is 2.80. The molecule has 1 aliphatic heterocycles. The topological polar surface area (TPSA) is 12.9 Å². The van der Waals surface area contributed by atoms with E-state index in [1.54, 1.807) is 0 Å². The Morgan fingerprint density at radius 3 is 2.31 bits per heavy atom. The molecular formula is C33H33NS. The highest BCUT2D eigenvalue weighted by Gasteiger charge is 2.27. The molecule has 0 N–H and O–H groups in total. The molecule has 0 saturated heterocycles. The zero-order valence-corrected chi connectivity index (χ0v) is 22.3. The van der Waals surface area contributed by atoms with Crippen LogP contribution in [0.4, 0.5) is 0 Å². The van der Waals surface area contributed by atoms with Crippen LogP contribution in [0.1, 0.15) is 55.4 Å². The van der Waals surface area contributed by atoms with Crippen LogP contribution in [0.3, 0.4) is 0 Å². The van der Waals surface area contributed by atoms with Crippen molar-refractivity contribution in [3.63, 3.8) is 0 Å². The highest BCUT2D eigenvalue weighted by Crippen LogP contribution is 2.52. The molecule has 1 aliphatic rings. The van der Waals surface area contributed by atoms with Crippen molar-refractivity contribution in [3.8, 4) is 11.3 Å². The molecule has 0 saturated carbocycles. The maximum Gasteiger partial charge on any atom is 0.0840 e. The van der Waals surface area contributed by atoms with E-state index in [9.17, 15) is 0 Å².